The van der Waals surface area contributed by atoms with Gasteiger partial charge in [0.2, 0.25) is 5.91 Å². The van der Waals surface area contributed by atoms with Gasteiger partial charge >= 0.3 is 0 Å². The normalized spacial score (nSPS) is 24.1. The zero-order valence-electron chi connectivity index (χ0n) is 14.4. The number of piperidine rings is 1. The Morgan fingerprint density at radius 1 is 1.26 bits per heavy atom. The summed E-state index contributed by atoms with van der Waals surface area (Å²) in [7, 11) is 0. The van der Waals surface area contributed by atoms with Gasteiger partial charge in [-0.15, -0.1) is 0 Å². The van der Waals surface area contributed by atoms with E-state index < -0.39 is 0 Å². The van der Waals surface area contributed by atoms with Crippen LogP contribution in [0.1, 0.15) is 56.1 Å². The first-order chi connectivity index (χ1) is 11.2. The largest absolute Gasteiger partial charge is 0.355 e. The van der Waals surface area contributed by atoms with Crippen molar-refractivity contribution in [2.75, 3.05) is 19.6 Å². The summed E-state index contributed by atoms with van der Waals surface area (Å²) in [5.74, 6) is 0.847. The molecule has 1 atom stereocenters. The van der Waals surface area contributed by atoms with E-state index in [0.29, 0.717) is 5.92 Å². The summed E-state index contributed by atoms with van der Waals surface area (Å²) in [6.07, 6.45) is 8.01. The molecule has 1 aromatic rings. The number of hydrogen-bond donors (Lipinski definition) is 2. The summed E-state index contributed by atoms with van der Waals surface area (Å²) in [4.78, 5) is 13.1. The molecule has 1 aliphatic carbocycles. The molecule has 126 valence electrons. The smallest absolute Gasteiger partial charge is 0.230 e. The SMILES string of the molecule is Cc1cccc(C2(C(=O)NCC3CCCNC3)CCCCC2)c1. The second-order valence-electron chi connectivity index (χ2n) is 7.43. The van der Waals surface area contributed by atoms with Crippen LogP contribution in [0.4, 0.5) is 0 Å². The number of carbonyl (C=O) groups is 1. The van der Waals surface area contributed by atoms with Gasteiger partial charge < -0.3 is 10.6 Å². The van der Waals surface area contributed by atoms with Crippen molar-refractivity contribution in [3.8, 4) is 0 Å². The van der Waals surface area contributed by atoms with E-state index in [1.807, 2.05) is 0 Å². The molecule has 1 saturated heterocycles. The summed E-state index contributed by atoms with van der Waals surface area (Å²) in [6, 6.07) is 8.58. The van der Waals surface area contributed by atoms with Crippen LogP contribution in [0.15, 0.2) is 24.3 Å². The first-order valence-corrected chi connectivity index (χ1v) is 9.27. The number of carbonyl (C=O) groups excluding carboxylic acids is 1. The lowest BCUT2D eigenvalue weighted by Gasteiger charge is -2.37. The third-order valence-electron chi connectivity index (χ3n) is 5.66. The number of benzene rings is 1. The Morgan fingerprint density at radius 3 is 2.78 bits per heavy atom. The van der Waals surface area contributed by atoms with Crippen molar-refractivity contribution in [3.63, 3.8) is 0 Å². The lowest BCUT2D eigenvalue weighted by Crippen LogP contribution is -2.48. The molecule has 3 nitrogen and oxygen atoms in total. The Kier molecular flexibility index (Phi) is 5.37. The van der Waals surface area contributed by atoms with Crippen LogP contribution in [0, 0.1) is 12.8 Å². The molecule has 1 aromatic carbocycles. The zero-order chi connectivity index (χ0) is 16.1. The van der Waals surface area contributed by atoms with E-state index in [4.69, 9.17) is 0 Å². The van der Waals surface area contributed by atoms with Crippen LogP contribution >= 0.6 is 0 Å². The maximum atomic E-state index is 13.1. The first kappa shape index (κ1) is 16.5. The van der Waals surface area contributed by atoms with Crippen molar-refractivity contribution in [1.29, 1.82) is 0 Å². The summed E-state index contributed by atoms with van der Waals surface area (Å²) in [5.41, 5.74) is 2.17. The van der Waals surface area contributed by atoms with Gasteiger partial charge in [-0.25, -0.2) is 0 Å². The molecule has 23 heavy (non-hydrogen) atoms. The molecule has 1 saturated carbocycles. The molecule has 2 aliphatic rings. The standard InChI is InChI=1S/C20H30N2O/c1-16-7-5-9-18(13-16)20(10-3-2-4-11-20)19(23)22-15-17-8-6-12-21-14-17/h5,7,9,13,17,21H,2-4,6,8,10-12,14-15H2,1H3,(H,22,23). The predicted octanol–water partition coefficient (Wildman–Crippen LogP) is 3.31. The van der Waals surface area contributed by atoms with Crippen molar-refractivity contribution >= 4 is 5.91 Å². The zero-order valence-corrected chi connectivity index (χ0v) is 14.4. The second kappa shape index (κ2) is 7.48. The Morgan fingerprint density at radius 2 is 2.09 bits per heavy atom. The Hall–Kier alpha value is -1.35. The van der Waals surface area contributed by atoms with Gasteiger partial charge in [0.25, 0.3) is 0 Å². The molecule has 3 rings (SSSR count). The van der Waals surface area contributed by atoms with Crippen LogP contribution in [0.25, 0.3) is 0 Å². The maximum Gasteiger partial charge on any atom is 0.230 e. The molecule has 2 N–H and O–H groups in total. The van der Waals surface area contributed by atoms with E-state index in [1.165, 1.54) is 30.4 Å². The van der Waals surface area contributed by atoms with Crippen molar-refractivity contribution in [2.45, 2.75) is 57.3 Å². The van der Waals surface area contributed by atoms with E-state index in [-0.39, 0.29) is 11.3 Å². The average molecular weight is 314 g/mol. The van der Waals surface area contributed by atoms with Crippen LogP contribution in [-0.4, -0.2) is 25.5 Å². The number of amides is 1. The quantitative estimate of drug-likeness (QED) is 0.895. The van der Waals surface area contributed by atoms with Gasteiger partial charge in [-0.05, 0) is 57.2 Å². The highest BCUT2D eigenvalue weighted by molar-refractivity contribution is 5.88. The molecule has 0 radical (unpaired) electrons. The molecule has 1 unspecified atom stereocenters. The van der Waals surface area contributed by atoms with Gasteiger partial charge in [0.05, 0.1) is 5.41 Å². The van der Waals surface area contributed by atoms with Gasteiger partial charge in [-0.2, -0.15) is 0 Å². The van der Waals surface area contributed by atoms with E-state index in [9.17, 15) is 4.79 Å². The molecular formula is C20H30N2O. The highest BCUT2D eigenvalue weighted by Crippen LogP contribution is 2.40. The third-order valence-corrected chi connectivity index (χ3v) is 5.66. The lowest BCUT2D eigenvalue weighted by molar-refractivity contribution is -0.128. The minimum Gasteiger partial charge on any atom is -0.355 e. The van der Waals surface area contributed by atoms with E-state index in [2.05, 4.69) is 41.8 Å². The van der Waals surface area contributed by atoms with Crippen LogP contribution in [0.2, 0.25) is 0 Å². The first-order valence-electron chi connectivity index (χ1n) is 9.27. The van der Waals surface area contributed by atoms with Gasteiger partial charge in [0.15, 0.2) is 0 Å². The number of aryl methyl sites for hydroxylation is 1. The van der Waals surface area contributed by atoms with E-state index in [1.54, 1.807) is 0 Å². The third kappa shape index (κ3) is 3.77. The van der Waals surface area contributed by atoms with Crippen LogP contribution in [0.3, 0.4) is 0 Å². The molecule has 1 amide bonds. The molecule has 2 fully saturated rings. The number of rotatable bonds is 4. The topological polar surface area (TPSA) is 41.1 Å². The van der Waals surface area contributed by atoms with Crippen molar-refractivity contribution in [1.82, 2.24) is 10.6 Å². The van der Waals surface area contributed by atoms with Crippen molar-refractivity contribution in [2.24, 2.45) is 5.92 Å². The van der Waals surface area contributed by atoms with Crippen LogP contribution in [-0.2, 0) is 10.2 Å². The molecule has 0 spiro atoms. The summed E-state index contributed by atoms with van der Waals surface area (Å²) < 4.78 is 0. The Labute approximate surface area is 140 Å². The van der Waals surface area contributed by atoms with E-state index in [0.717, 1.165) is 45.3 Å². The monoisotopic (exact) mass is 314 g/mol. The Bertz CT molecular complexity index is 528. The lowest BCUT2D eigenvalue weighted by atomic mass is 9.68. The highest BCUT2D eigenvalue weighted by atomic mass is 16.2. The molecular weight excluding hydrogens is 284 g/mol. The maximum absolute atomic E-state index is 13.1. The van der Waals surface area contributed by atoms with Crippen LogP contribution in [0.5, 0.6) is 0 Å². The Balaban J connectivity index is 1.73. The molecule has 3 heteroatoms. The fourth-order valence-corrected chi connectivity index (χ4v) is 4.25. The van der Waals surface area contributed by atoms with E-state index >= 15 is 0 Å². The summed E-state index contributed by atoms with van der Waals surface area (Å²) >= 11 is 0. The fraction of sp³-hybridized carbons (Fsp3) is 0.650. The van der Waals surface area contributed by atoms with Crippen molar-refractivity contribution in [3.05, 3.63) is 35.4 Å². The summed E-state index contributed by atoms with van der Waals surface area (Å²) in [5, 5.41) is 6.74. The van der Waals surface area contributed by atoms with Crippen LogP contribution < -0.4 is 10.6 Å². The summed E-state index contributed by atoms with van der Waals surface area (Å²) in [6.45, 7) is 5.10. The molecule has 0 aromatic heterocycles. The minimum absolute atomic E-state index is 0.258. The molecule has 1 aliphatic heterocycles. The molecule has 0 bridgehead atoms. The number of hydrogen-bond acceptors (Lipinski definition) is 2. The molecule has 1 heterocycles. The van der Waals surface area contributed by atoms with Gasteiger partial charge in [0, 0.05) is 6.54 Å². The number of nitrogens with one attached hydrogen (secondary N) is 2. The fourth-order valence-electron chi connectivity index (χ4n) is 4.25. The van der Waals surface area contributed by atoms with Gasteiger partial charge in [-0.3, -0.25) is 4.79 Å². The van der Waals surface area contributed by atoms with Gasteiger partial charge in [-0.1, -0.05) is 49.1 Å². The predicted molar refractivity (Wildman–Crippen MR) is 94.5 cm³/mol. The van der Waals surface area contributed by atoms with Gasteiger partial charge in [0.1, 0.15) is 0 Å². The highest BCUT2D eigenvalue weighted by Gasteiger charge is 2.41. The minimum atomic E-state index is -0.299. The average Bonchev–Trinajstić information content (AvgIpc) is 2.61. The van der Waals surface area contributed by atoms with Crippen molar-refractivity contribution < 1.29 is 4.79 Å². The second-order valence-corrected chi connectivity index (χ2v) is 7.43.